The summed E-state index contributed by atoms with van der Waals surface area (Å²) in [6.45, 7) is 0.447. The molecule has 0 spiro atoms. The minimum Gasteiger partial charge on any atom is -0.508 e. The molecule has 0 fully saturated rings. The number of aliphatic hydroxyl groups excluding tert-OH is 1. The largest absolute Gasteiger partial charge is 0.508 e. The highest BCUT2D eigenvalue weighted by Crippen LogP contribution is 2.40. The number of phenols is 1. The lowest BCUT2D eigenvalue weighted by atomic mass is 9.87. The van der Waals surface area contributed by atoms with E-state index in [0.717, 1.165) is 16.9 Å². The van der Waals surface area contributed by atoms with Crippen molar-refractivity contribution in [2.24, 2.45) is 0 Å². The van der Waals surface area contributed by atoms with Gasteiger partial charge < -0.3 is 14.9 Å². The van der Waals surface area contributed by atoms with E-state index in [1.54, 1.807) is 12.1 Å². The molecule has 0 saturated carbocycles. The number of benzene rings is 2. The van der Waals surface area contributed by atoms with Gasteiger partial charge in [0.1, 0.15) is 11.5 Å². The molecule has 3 rings (SSSR count). The van der Waals surface area contributed by atoms with Gasteiger partial charge in [-0.1, -0.05) is 30.3 Å². The zero-order valence-corrected chi connectivity index (χ0v) is 9.78. The molecule has 3 nitrogen and oxygen atoms in total. The van der Waals surface area contributed by atoms with Crippen molar-refractivity contribution in [2.45, 2.75) is 12.0 Å². The second-order valence-corrected chi connectivity index (χ2v) is 4.49. The number of hydrogen-bond acceptors (Lipinski definition) is 3. The number of aliphatic hydroxyl groups is 1. The van der Waals surface area contributed by atoms with Crippen LogP contribution in [-0.4, -0.2) is 16.8 Å². The second kappa shape index (κ2) is 4.35. The van der Waals surface area contributed by atoms with Crippen LogP contribution in [0.25, 0.3) is 0 Å². The number of aromatic hydroxyl groups is 1. The molecule has 2 atom stereocenters. The van der Waals surface area contributed by atoms with E-state index in [1.165, 1.54) is 0 Å². The van der Waals surface area contributed by atoms with Crippen LogP contribution >= 0.6 is 0 Å². The van der Waals surface area contributed by atoms with Gasteiger partial charge in [-0.15, -0.1) is 0 Å². The molecule has 1 heterocycles. The van der Waals surface area contributed by atoms with E-state index in [2.05, 4.69) is 0 Å². The molecule has 0 radical (unpaired) electrons. The fourth-order valence-electron chi connectivity index (χ4n) is 2.34. The summed E-state index contributed by atoms with van der Waals surface area (Å²) in [5, 5.41) is 19.7. The Bertz CT molecular complexity index is 548. The average Bonchev–Trinajstić information content (AvgIpc) is 2.41. The maximum absolute atomic E-state index is 10.4. The smallest absolute Gasteiger partial charge is 0.125 e. The Morgan fingerprint density at radius 3 is 2.50 bits per heavy atom. The molecule has 0 amide bonds. The monoisotopic (exact) mass is 242 g/mol. The Balaban J connectivity index is 1.95. The van der Waals surface area contributed by atoms with E-state index in [4.69, 9.17) is 4.74 Å². The molecule has 0 saturated heterocycles. The van der Waals surface area contributed by atoms with Crippen LogP contribution in [0.4, 0.5) is 0 Å². The van der Waals surface area contributed by atoms with Gasteiger partial charge in [-0.2, -0.15) is 0 Å². The number of phenolic OH excluding ortho intramolecular Hbond substituents is 1. The molecule has 1 aliphatic rings. The molecule has 0 aliphatic carbocycles. The van der Waals surface area contributed by atoms with Gasteiger partial charge in [0.25, 0.3) is 0 Å². The quantitative estimate of drug-likeness (QED) is 0.808. The van der Waals surface area contributed by atoms with E-state index in [9.17, 15) is 10.2 Å². The standard InChI is InChI=1S/C15H14O3/c16-11-7-5-10(6-8-11)13-9-18-14-4-2-1-3-12(14)15(13)17/h1-8,13,15-17H,9H2. The highest BCUT2D eigenvalue weighted by atomic mass is 16.5. The van der Waals surface area contributed by atoms with Gasteiger partial charge in [0, 0.05) is 11.5 Å². The Labute approximate surface area is 105 Å². The lowest BCUT2D eigenvalue weighted by Gasteiger charge is -2.30. The molecule has 2 aromatic rings. The van der Waals surface area contributed by atoms with Crippen molar-refractivity contribution in [3.05, 3.63) is 59.7 Å². The highest BCUT2D eigenvalue weighted by molar-refractivity contribution is 5.40. The summed E-state index contributed by atoms with van der Waals surface area (Å²) in [6.07, 6.45) is -0.570. The summed E-state index contributed by atoms with van der Waals surface area (Å²) in [7, 11) is 0. The third-order valence-electron chi connectivity index (χ3n) is 3.36. The first-order valence-corrected chi connectivity index (χ1v) is 5.94. The van der Waals surface area contributed by atoms with Gasteiger partial charge in [-0.3, -0.25) is 0 Å². The van der Waals surface area contributed by atoms with Crippen LogP contribution in [0.5, 0.6) is 11.5 Å². The van der Waals surface area contributed by atoms with Crippen LogP contribution in [0.2, 0.25) is 0 Å². The van der Waals surface area contributed by atoms with Crippen molar-refractivity contribution in [3.63, 3.8) is 0 Å². The third kappa shape index (κ3) is 1.83. The van der Waals surface area contributed by atoms with Crippen molar-refractivity contribution in [1.29, 1.82) is 0 Å². The number of para-hydroxylation sites is 1. The van der Waals surface area contributed by atoms with Crippen LogP contribution < -0.4 is 4.74 Å². The Kier molecular flexibility index (Phi) is 2.68. The fraction of sp³-hybridized carbons (Fsp3) is 0.200. The van der Waals surface area contributed by atoms with Gasteiger partial charge in [0.2, 0.25) is 0 Å². The van der Waals surface area contributed by atoms with Crippen molar-refractivity contribution >= 4 is 0 Å². The van der Waals surface area contributed by atoms with Crippen LogP contribution in [-0.2, 0) is 0 Å². The predicted molar refractivity (Wildman–Crippen MR) is 67.7 cm³/mol. The summed E-state index contributed by atoms with van der Waals surface area (Å²) in [6, 6.07) is 14.4. The first kappa shape index (κ1) is 11.1. The molecule has 1 aliphatic heterocycles. The van der Waals surface area contributed by atoms with Crippen molar-refractivity contribution in [3.8, 4) is 11.5 Å². The van der Waals surface area contributed by atoms with E-state index in [1.807, 2.05) is 36.4 Å². The minimum atomic E-state index is -0.570. The SMILES string of the molecule is Oc1ccc(C2COc3ccccc3C2O)cc1. The first-order valence-electron chi connectivity index (χ1n) is 5.94. The normalized spacial score (nSPS) is 22.1. The Morgan fingerprint density at radius 1 is 1.00 bits per heavy atom. The number of hydrogen-bond donors (Lipinski definition) is 2. The Hall–Kier alpha value is -2.00. The maximum atomic E-state index is 10.4. The molecule has 92 valence electrons. The highest BCUT2D eigenvalue weighted by Gasteiger charge is 2.30. The third-order valence-corrected chi connectivity index (χ3v) is 3.36. The van der Waals surface area contributed by atoms with E-state index in [-0.39, 0.29) is 11.7 Å². The van der Waals surface area contributed by atoms with E-state index in [0.29, 0.717) is 6.61 Å². The lowest BCUT2D eigenvalue weighted by molar-refractivity contribution is 0.0889. The van der Waals surface area contributed by atoms with Gasteiger partial charge in [0.15, 0.2) is 0 Å². The first-order chi connectivity index (χ1) is 8.75. The molecule has 2 N–H and O–H groups in total. The summed E-state index contributed by atoms with van der Waals surface area (Å²) in [4.78, 5) is 0. The second-order valence-electron chi connectivity index (χ2n) is 4.49. The van der Waals surface area contributed by atoms with Crippen LogP contribution in [0.1, 0.15) is 23.1 Å². The fourth-order valence-corrected chi connectivity index (χ4v) is 2.34. The summed E-state index contributed by atoms with van der Waals surface area (Å²) in [5.74, 6) is 0.880. The lowest BCUT2D eigenvalue weighted by Crippen LogP contribution is -2.24. The van der Waals surface area contributed by atoms with E-state index >= 15 is 0 Å². The Morgan fingerprint density at radius 2 is 1.72 bits per heavy atom. The van der Waals surface area contributed by atoms with E-state index < -0.39 is 6.10 Å². The molecule has 2 unspecified atom stereocenters. The van der Waals surface area contributed by atoms with Crippen LogP contribution in [0, 0.1) is 0 Å². The molecular formula is C15H14O3. The van der Waals surface area contributed by atoms with Crippen LogP contribution in [0.3, 0.4) is 0 Å². The van der Waals surface area contributed by atoms with Crippen molar-refractivity contribution in [2.75, 3.05) is 6.61 Å². The van der Waals surface area contributed by atoms with Gasteiger partial charge in [-0.05, 0) is 23.8 Å². The topological polar surface area (TPSA) is 49.7 Å². The number of rotatable bonds is 1. The molecule has 2 aromatic carbocycles. The molecule has 3 heteroatoms. The number of fused-ring (bicyclic) bond motifs is 1. The summed E-state index contributed by atoms with van der Waals surface area (Å²) in [5.41, 5.74) is 1.79. The van der Waals surface area contributed by atoms with Gasteiger partial charge in [-0.25, -0.2) is 0 Å². The zero-order chi connectivity index (χ0) is 12.5. The predicted octanol–water partition coefficient (Wildman–Crippen LogP) is 2.60. The maximum Gasteiger partial charge on any atom is 0.125 e. The van der Waals surface area contributed by atoms with Crippen LogP contribution in [0.15, 0.2) is 48.5 Å². The van der Waals surface area contributed by atoms with Gasteiger partial charge >= 0.3 is 0 Å². The van der Waals surface area contributed by atoms with Gasteiger partial charge in [0.05, 0.1) is 12.7 Å². The number of ether oxygens (including phenoxy) is 1. The average molecular weight is 242 g/mol. The molecular weight excluding hydrogens is 228 g/mol. The summed E-state index contributed by atoms with van der Waals surface area (Å²) >= 11 is 0. The molecule has 0 aromatic heterocycles. The van der Waals surface area contributed by atoms with Crippen molar-refractivity contribution < 1.29 is 14.9 Å². The molecule has 0 bridgehead atoms. The summed E-state index contributed by atoms with van der Waals surface area (Å²) < 4.78 is 5.67. The van der Waals surface area contributed by atoms with Crippen molar-refractivity contribution in [1.82, 2.24) is 0 Å². The zero-order valence-electron chi connectivity index (χ0n) is 9.78. The molecule has 18 heavy (non-hydrogen) atoms. The minimum absolute atomic E-state index is 0.0968.